The molecule has 2 aliphatic heterocycles. The number of piperazine rings is 1. The van der Waals surface area contributed by atoms with Gasteiger partial charge < -0.3 is 14.2 Å². The summed E-state index contributed by atoms with van der Waals surface area (Å²) in [5.74, 6) is 0.886. The SMILES string of the molecule is CCC12COC(=O)N1CCN(C(=O)CCc1c(C)noc1C)C2. The van der Waals surface area contributed by atoms with Crippen LogP contribution in [0.5, 0.6) is 0 Å². The molecular weight excluding hydrogens is 298 g/mol. The van der Waals surface area contributed by atoms with Crippen LogP contribution in [0.1, 0.15) is 36.8 Å². The largest absolute Gasteiger partial charge is 0.447 e. The van der Waals surface area contributed by atoms with E-state index in [2.05, 4.69) is 5.16 Å². The highest BCUT2D eigenvalue weighted by Gasteiger charge is 2.50. The Hall–Kier alpha value is -2.05. The molecule has 1 aromatic heterocycles. The first-order valence-electron chi connectivity index (χ1n) is 8.11. The van der Waals surface area contributed by atoms with E-state index in [9.17, 15) is 9.59 Å². The fraction of sp³-hybridized carbons (Fsp3) is 0.688. The Balaban J connectivity index is 1.64. The average Bonchev–Trinajstić information content (AvgIpc) is 3.06. The van der Waals surface area contributed by atoms with E-state index in [1.54, 1.807) is 4.90 Å². The number of aryl methyl sites for hydroxylation is 2. The standard InChI is InChI=1S/C16H23N3O4/c1-4-16-9-18(7-8-19(16)15(21)22-10-16)14(20)6-5-13-11(2)17-23-12(13)3/h4-10H2,1-3H3. The lowest BCUT2D eigenvalue weighted by Gasteiger charge is -2.44. The summed E-state index contributed by atoms with van der Waals surface area (Å²) in [5, 5.41) is 3.92. The van der Waals surface area contributed by atoms with Crippen LogP contribution < -0.4 is 0 Å². The van der Waals surface area contributed by atoms with E-state index in [0.29, 0.717) is 39.1 Å². The number of nitrogens with zero attached hydrogens (tertiary/aromatic N) is 3. The van der Waals surface area contributed by atoms with Gasteiger partial charge in [0.1, 0.15) is 12.4 Å². The predicted molar refractivity (Wildman–Crippen MR) is 82.0 cm³/mol. The van der Waals surface area contributed by atoms with Crippen LogP contribution in [-0.2, 0) is 16.0 Å². The van der Waals surface area contributed by atoms with Crippen molar-refractivity contribution in [2.45, 2.75) is 45.6 Å². The van der Waals surface area contributed by atoms with Crippen LogP contribution in [0.2, 0.25) is 0 Å². The third-order valence-corrected chi connectivity index (χ3v) is 5.12. The lowest BCUT2D eigenvalue weighted by molar-refractivity contribution is -0.135. The number of ether oxygens (including phenoxy) is 1. The van der Waals surface area contributed by atoms with Crippen molar-refractivity contribution < 1.29 is 18.8 Å². The first-order chi connectivity index (χ1) is 11.0. The molecule has 2 aliphatic rings. The van der Waals surface area contributed by atoms with Crippen LogP contribution in [0.15, 0.2) is 4.52 Å². The van der Waals surface area contributed by atoms with Crippen LogP contribution in [0.3, 0.4) is 0 Å². The van der Waals surface area contributed by atoms with Gasteiger partial charge in [-0.1, -0.05) is 12.1 Å². The van der Waals surface area contributed by atoms with E-state index >= 15 is 0 Å². The number of hydrogen-bond acceptors (Lipinski definition) is 5. The molecule has 0 N–H and O–H groups in total. The highest BCUT2D eigenvalue weighted by molar-refractivity contribution is 5.78. The van der Waals surface area contributed by atoms with Crippen molar-refractivity contribution in [3.8, 4) is 0 Å². The Morgan fingerprint density at radius 1 is 1.35 bits per heavy atom. The van der Waals surface area contributed by atoms with Gasteiger partial charge in [0.15, 0.2) is 0 Å². The lowest BCUT2D eigenvalue weighted by Crippen LogP contribution is -2.62. The van der Waals surface area contributed by atoms with Crippen molar-refractivity contribution >= 4 is 12.0 Å². The van der Waals surface area contributed by atoms with Crippen LogP contribution >= 0.6 is 0 Å². The van der Waals surface area contributed by atoms with E-state index in [0.717, 1.165) is 23.4 Å². The van der Waals surface area contributed by atoms with E-state index in [4.69, 9.17) is 9.26 Å². The number of aromatic nitrogens is 1. The Bertz CT molecular complexity index is 607. The molecule has 7 nitrogen and oxygen atoms in total. The first kappa shape index (κ1) is 15.8. The summed E-state index contributed by atoms with van der Waals surface area (Å²) < 4.78 is 10.3. The molecule has 3 heterocycles. The number of hydrogen-bond donors (Lipinski definition) is 0. The Morgan fingerprint density at radius 3 is 2.78 bits per heavy atom. The zero-order valence-corrected chi connectivity index (χ0v) is 13.9. The molecule has 1 atom stereocenters. The number of fused-ring (bicyclic) bond motifs is 1. The van der Waals surface area contributed by atoms with E-state index < -0.39 is 0 Å². The maximum Gasteiger partial charge on any atom is 0.410 e. The van der Waals surface area contributed by atoms with Crippen LogP contribution in [0, 0.1) is 13.8 Å². The molecule has 2 amide bonds. The normalized spacial score (nSPS) is 23.9. The number of amides is 2. The van der Waals surface area contributed by atoms with Crippen molar-refractivity contribution in [1.82, 2.24) is 15.0 Å². The van der Waals surface area contributed by atoms with Gasteiger partial charge in [0.25, 0.3) is 0 Å². The van der Waals surface area contributed by atoms with Crippen molar-refractivity contribution in [3.05, 3.63) is 17.0 Å². The molecule has 0 spiro atoms. The van der Waals surface area contributed by atoms with Gasteiger partial charge in [-0.3, -0.25) is 9.69 Å². The minimum absolute atomic E-state index is 0.108. The fourth-order valence-electron chi connectivity index (χ4n) is 3.53. The van der Waals surface area contributed by atoms with Crippen LogP contribution in [-0.4, -0.2) is 58.7 Å². The molecule has 2 fully saturated rings. The molecule has 2 saturated heterocycles. The van der Waals surface area contributed by atoms with Gasteiger partial charge in [0.05, 0.1) is 11.2 Å². The minimum atomic E-state index is -0.353. The van der Waals surface area contributed by atoms with Gasteiger partial charge >= 0.3 is 6.09 Å². The Labute approximate surface area is 135 Å². The predicted octanol–water partition coefficient (Wildman–Crippen LogP) is 1.67. The van der Waals surface area contributed by atoms with E-state index in [1.165, 1.54) is 0 Å². The molecule has 0 radical (unpaired) electrons. The molecule has 0 aliphatic carbocycles. The van der Waals surface area contributed by atoms with Crippen molar-refractivity contribution in [3.63, 3.8) is 0 Å². The minimum Gasteiger partial charge on any atom is -0.447 e. The third-order valence-electron chi connectivity index (χ3n) is 5.12. The molecule has 7 heteroatoms. The quantitative estimate of drug-likeness (QED) is 0.843. The Kier molecular flexibility index (Phi) is 4.04. The number of rotatable bonds is 4. The molecule has 23 heavy (non-hydrogen) atoms. The third kappa shape index (κ3) is 2.68. The van der Waals surface area contributed by atoms with Crippen molar-refractivity contribution in [2.24, 2.45) is 0 Å². The summed E-state index contributed by atoms with van der Waals surface area (Å²) in [4.78, 5) is 28.0. The zero-order valence-electron chi connectivity index (χ0n) is 13.9. The molecule has 0 bridgehead atoms. The van der Waals surface area contributed by atoms with Gasteiger partial charge in [-0.05, 0) is 26.7 Å². The molecule has 0 saturated carbocycles. The van der Waals surface area contributed by atoms with Crippen molar-refractivity contribution in [2.75, 3.05) is 26.2 Å². The summed E-state index contributed by atoms with van der Waals surface area (Å²) in [5.41, 5.74) is 1.51. The summed E-state index contributed by atoms with van der Waals surface area (Å²) >= 11 is 0. The molecule has 1 aromatic rings. The highest BCUT2D eigenvalue weighted by Crippen LogP contribution is 2.32. The first-order valence-corrected chi connectivity index (χ1v) is 8.11. The number of carbonyl (C=O) groups is 2. The van der Waals surface area contributed by atoms with Gasteiger partial charge in [0.2, 0.25) is 5.91 Å². The molecule has 1 unspecified atom stereocenters. The monoisotopic (exact) mass is 321 g/mol. The smallest absolute Gasteiger partial charge is 0.410 e. The topological polar surface area (TPSA) is 75.9 Å². The fourth-order valence-corrected chi connectivity index (χ4v) is 3.53. The van der Waals surface area contributed by atoms with E-state index in [1.807, 2.05) is 25.7 Å². The summed E-state index contributed by atoms with van der Waals surface area (Å²) in [6.45, 7) is 7.83. The highest BCUT2D eigenvalue weighted by atomic mass is 16.6. The molecule has 126 valence electrons. The Morgan fingerprint density at radius 2 is 2.13 bits per heavy atom. The summed E-state index contributed by atoms with van der Waals surface area (Å²) in [7, 11) is 0. The second kappa shape index (κ2) is 5.86. The summed E-state index contributed by atoms with van der Waals surface area (Å²) in [6.07, 6.45) is 1.59. The summed E-state index contributed by atoms with van der Waals surface area (Å²) in [6, 6.07) is 0. The van der Waals surface area contributed by atoms with Gasteiger partial charge in [-0.25, -0.2) is 4.79 Å². The molecular formula is C16H23N3O4. The second-order valence-electron chi connectivity index (χ2n) is 6.40. The van der Waals surface area contributed by atoms with Gasteiger partial charge in [0, 0.05) is 31.6 Å². The van der Waals surface area contributed by atoms with E-state index in [-0.39, 0.29) is 17.5 Å². The van der Waals surface area contributed by atoms with Gasteiger partial charge in [-0.2, -0.15) is 0 Å². The number of carbonyl (C=O) groups excluding carboxylic acids is 2. The van der Waals surface area contributed by atoms with Gasteiger partial charge in [-0.15, -0.1) is 0 Å². The average molecular weight is 321 g/mol. The molecule has 3 rings (SSSR count). The number of cyclic esters (lactones) is 1. The van der Waals surface area contributed by atoms with Crippen LogP contribution in [0.25, 0.3) is 0 Å². The maximum atomic E-state index is 12.6. The van der Waals surface area contributed by atoms with Crippen LogP contribution in [0.4, 0.5) is 4.79 Å². The second-order valence-corrected chi connectivity index (χ2v) is 6.40. The lowest BCUT2D eigenvalue weighted by atomic mass is 9.92. The zero-order chi connectivity index (χ0) is 16.6. The maximum absolute atomic E-state index is 12.6. The van der Waals surface area contributed by atoms with Crippen molar-refractivity contribution in [1.29, 1.82) is 0 Å². The molecule has 0 aromatic carbocycles.